The maximum atomic E-state index is 15.3. The van der Waals surface area contributed by atoms with Crippen molar-refractivity contribution in [2.24, 2.45) is 5.92 Å². The number of esters is 1. The molecule has 1 aromatic heterocycles. The van der Waals surface area contributed by atoms with Crippen LogP contribution in [0, 0.1) is 17.6 Å². The highest BCUT2D eigenvalue weighted by molar-refractivity contribution is 5.97. The van der Waals surface area contributed by atoms with Crippen molar-refractivity contribution in [3.05, 3.63) is 93.4 Å². The van der Waals surface area contributed by atoms with Gasteiger partial charge in [0.05, 0.1) is 18.3 Å². The molecule has 37 heavy (non-hydrogen) atoms. The second kappa shape index (κ2) is 9.88. The highest BCUT2D eigenvalue weighted by atomic mass is 19.2. The topological polar surface area (TPSA) is 81.5 Å². The van der Waals surface area contributed by atoms with Gasteiger partial charge in [-0.2, -0.15) is 5.10 Å². The monoisotopic (exact) mass is 507 g/mol. The predicted molar refractivity (Wildman–Crippen MR) is 131 cm³/mol. The molecular formula is C28H27F2N3O4. The zero-order valence-corrected chi connectivity index (χ0v) is 20.6. The largest absolute Gasteiger partial charge is 0.420 e. The third-order valence-corrected chi connectivity index (χ3v) is 7.01. The van der Waals surface area contributed by atoms with Crippen molar-refractivity contribution in [1.29, 1.82) is 0 Å². The average Bonchev–Trinajstić information content (AvgIpc) is 3.36. The zero-order chi connectivity index (χ0) is 26.3. The predicted octanol–water partition coefficient (Wildman–Crippen LogP) is 4.46. The molecule has 3 aromatic rings. The van der Waals surface area contributed by atoms with Crippen molar-refractivity contribution in [1.82, 2.24) is 14.7 Å². The number of fused-ring (bicyclic) bond motifs is 2. The van der Waals surface area contributed by atoms with E-state index in [-0.39, 0.29) is 35.4 Å². The number of amides is 1. The van der Waals surface area contributed by atoms with E-state index in [9.17, 15) is 18.8 Å². The summed E-state index contributed by atoms with van der Waals surface area (Å²) in [6.07, 6.45) is 2.39. The second-order valence-electron chi connectivity index (χ2n) is 9.93. The Kier molecular flexibility index (Phi) is 6.62. The molecule has 0 radical (unpaired) electrons. The number of hydrogen-bond donors (Lipinski definition) is 0. The van der Waals surface area contributed by atoms with E-state index in [1.54, 1.807) is 17.0 Å². The maximum absolute atomic E-state index is 15.3. The number of benzene rings is 2. The number of hydrogen-bond acceptors (Lipinski definition) is 5. The van der Waals surface area contributed by atoms with Crippen molar-refractivity contribution < 1.29 is 23.1 Å². The van der Waals surface area contributed by atoms with Crippen LogP contribution in [0.1, 0.15) is 66.7 Å². The van der Waals surface area contributed by atoms with E-state index in [1.807, 2.05) is 32.0 Å². The number of ether oxygens (including phenoxy) is 1. The summed E-state index contributed by atoms with van der Waals surface area (Å²) in [5.41, 5.74) is -0.0306. The fraction of sp³-hybridized carbons (Fsp3) is 0.357. The number of halogens is 2. The minimum atomic E-state index is -0.982. The van der Waals surface area contributed by atoms with Gasteiger partial charge >= 0.3 is 5.97 Å². The molecule has 0 bridgehead atoms. The summed E-state index contributed by atoms with van der Waals surface area (Å²) < 4.78 is 36.6. The molecule has 0 saturated carbocycles. The van der Waals surface area contributed by atoms with Gasteiger partial charge < -0.3 is 9.64 Å². The minimum Gasteiger partial charge on any atom is -0.420 e. The molecule has 0 unspecified atom stereocenters. The van der Waals surface area contributed by atoms with Crippen molar-refractivity contribution in [2.45, 2.75) is 51.1 Å². The highest BCUT2D eigenvalue weighted by Gasteiger charge is 2.49. The van der Waals surface area contributed by atoms with Gasteiger partial charge in [0.2, 0.25) is 11.2 Å². The van der Waals surface area contributed by atoms with E-state index in [2.05, 4.69) is 5.10 Å². The molecule has 2 aliphatic heterocycles. The Morgan fingerprint density at radius 1 is 1.11 bits per heavy atom. The van der Waals surface area contributed by atoms with E-state index in [4.69, 9.17) is 4.74 Å². The first kappa shape index (κ1) is 24.8. The number of aromatic nitrogens is 2. The Hall–Kier alpha value is -3.88. The number of rotatable bonds is 6. The van der Waals surface area contributed by atoms with Crippen LogP contribution in [0.25, 0.3) is 0 Å². The van der Waals surface area contributed by atoms with E-state index < -0.39 is 40.9 Å². The Balaban J connectivity index is 1.74. The molecule has 1 saturated heterocycles. The van der Waals surface area contributed by atoms with Crippen LogP contribution in [0.3, 0.4) is 0 Å². The van der Waals surface area contributed by atoms with E-state index in [0.29, 0.717) is 24.9 Å². The lowest BCUT2D eigenvalue weighted by Gasteiger charge is -2.42. The molecule has 1 amide bonds. The summed E-state index contributed by atoms with van der Waals surface area (Å²) >= 11 is 0. The van der Waals surface area contributed by atoms with Crippen molar-refractivity contribution >= 4 is 11.9 Å². The highest BCUT2D eigenvalue weighted by Crippen LogP contribution is 2.46. The third kappa shape index (κ3) is 4.43. The first-order chi connectivity index (χ1) is 17.8. The first-order valence-electron chi connectivity index (χ1n) is 12.4. The van der Waals surface area contributed by atoms with Gasteiger partial charge in [-0.1, -0.05) is 56.3 Å². The summed E-state index contributed by atoms with van der Waals surface area (Å²) in [4.78, 5) is 40.6. The third-order valence-electron chi connectivity index (χ3n) is 7.01. The molecule has 2 aromatic carbocycles. The smallest absolute Gasteiger partial charge is 0.311 e. The van der Waals surface area contributed by atoms with E-state index in [1.165, 1.54) is 16.8 Å². The molecule has 3 atom stereocenters. The lowest BCUT2D eigenvalue weighted by molar-refractivity contribution is -0.135. The average molecular weight is 508 g/mol. The molecule has 0 aliphatic carbocycles. The summed E-state index contributed by atoms with van der Waals surface area (Å²) in [6.45, 7) is 4.10. The molecule has 9 heteroatoms. The van der Waals surface area contributed by atoms with Gasteiger partial charge in [-0.15, -0.1) is 0 Å². The van der Waals surface area contributed by atoms with Gasteiger partial charge in [-0.25, -0.2) is 13.5 Å². The number of carbonyl (C=O) groups excluding carboxylic acids is 2. The molecule has 2 aliphatic rings. The second-order valence-corrected chi connectivity index (χ2v) is 9.93. The van der Waals surface area contributed by atoms with Crippen LogP contribution in [0.4, 0.5) is 8.78 Å². The Bertz CT molecular complexity index is 1410. The van der Waals surface area contributed by atoms with Crippen molar-refractivity contribution in [3.63, 3.8) is 0 Å². The lowest BCUT2D eigenvalue weighted by Crippen LogP contribution is -2.51. The Labute approximate surface area is 212 Å². The number of nitrogens with zero attached hydrogens (tertiary/aromatic N) is 3. The summed E-state index contributed by atoms with van der Waals surface area (Å²) in [7, 11) is 0. The molecule has 192 valence electrons. The van der Waals surface area contributed by atoms with Crippen molar-refractivity contribution in [3.8, 4) is 5.75 Å². The van der Waals surface area contributed by atoms with Crippen LogP contribution in [-0.2, 0) is 4.79 Å². The Morgan fingerprint density at radius 3 is 2.59 bits per heavy atom. The quantitative estimate of drug-likeness (QED) is 0.460. The summed E-state index contributed by atoms with van der Waals surface area (Å²) in [5.74, 6) is -4.21. The summed E-state index contributed by atoms with van der Waals surface area (Å²) in [6, 6.07) is 12.0. The molecule has 3 heterocycles. The molecule has 1 fully saturated rings. The van der Waals surface area contributed by atoms with Gasteiger partial charge in [-0.05, 0) is 30.4 Å². The maximum Gasteiger partial charge on any atom is 0.311 e. The standard InChI is InChI=1S/C28H27F2N3O4/c1-16(2)14-22(35)37-27-21(34)15-31-33-25(20-12-7-13-32(20)28(36)26(27)33)23(17-8-4-3-5-9-17)18-10-6-11-19(29)24(18)30/h3-6,8-11,15-16,20,23,25H,7,12-14H2,1-2H3/t20-,23-,25-/m1/s1. The van der Waals surface area contributed by atoms with Gasteiger partial charge in [0.25, 0.3) is 5.91 Å². The fourth-order valence-electron chi connectivity index (χ4n) is 5.50. The van der Waals surface area contributed by atoms with Crippen LogP contribution in [0.5, 0.6) is 5.75 Å². The molecular weight excluding hydrogens is 480 g/mol. The minimum absolute atomic E-state index is 0.0160. The SMILES string of the molecule is CC(C)CC(=O)Oc1c2n(ncc1=O)[C@@H]([C@H](c1ccccc1)c1cccc(F)c1F)[C@H]1CCCN1C2=O. The fourth-order valence-corrected chi connectivity index (χ4v) is 5.50. The van der Waals surface area contributed by atoms with Crippen LogP contribution >= 0.6 is 0 Å². The zero-order valence-electron chi connectivity index (χ0n) is 20.6. The van der Waals surface area contributed by atoms with Crippen LogP contribution in [0.15, 0.2) is 59.5 Å². The molecule has 0 N–H and O–H groups in total. The van der Waals surface area contributed by atoms with E-state index >= 15 is 4.39 Å². The van der Waals surface area contributed by atoms with Crippen molar-refractivity contribution in [2.75, 3.05) is 6.54 Å². The normalized spacial score (nSPS) is 19.5. The Morgan fingerprint density at radius 2 is 1.86 bits per heavy atom. The lowest BCUT2D eigenvalue weighted by atomic mass is 9.79. The molecule has 5 rings (SSSR count). The van der Waals surface area contributed by atoms with Gasteiger partial charge in [-0.3, -0.25) is 14.4 Å². The van der Waals surface area contributed by atoms with Crippen LogP contribution in [0.2, 0.25) is 0 Å². The summed E-state index contributed by atoms with van der Waals surface area (Å²) in [5, 5.41) is 4.31. The number of carbonyl (C=O) groups is 2. The van der Waals surface area contributed by atoms with Gasteiger partial charge in [0.1, 0.15) is 0 Å². The van der Waals surface area contributed by atoms with Gasteiger partial charge in [0, 0.05) is 24.4 Å². The first-order valence-corrected chi connectivity index (χ1v) is 12.4. The van der Waals surface area contributed by atoms with Crippen LogP contribution in [-0.4, -0.2) is 39.1 Å². The van der Waals surface area contributed by atoms with E-state index in [0.717, 1.165) is 12.3 Å². The molecule has 7 nitrogen and oxygen atoms in total. The van der Waals surface area contributed by atoms with Gasteiger partial charge in [0.15, 0.2) is 17.3 Å². The molecule has 0 spiro atoms. The van der Waals surface area contributed by atoms with Crippen LogP contribution < -0.4 is 10.2 Å².